The fourth-order valence-corrected chi connectivity index (χ4v) is 3.95. The lowest BCUT2D eigenvalue weighted by molar-refractivity contribution is 0.262. The number of aromatic amines is 2. The predicted molar refractivity (Wildman–Crippen MR) is 136 cm³/mol. The van der Waals surface area contributed by atoms with Crippen LogP contribution in [0.2, 0.25) is 0 Å². The minimum Gasteiger partial charge on any atom is -0.492 e. The van der Waals surface area contributed by atoms with Gasteiger partial charge in [-0.3, -0.25) is 15.3 Å². The molecule has 2 amide bonds. The van der Waals surface area contributed by atoms with Crippen molar-refractivity contribution in [2.24, 2.45) is 0 Å². The van der Waals surface area contributed by atoms with Crippen LogP contribution in [0.25, 0.3) is 27.8 Å². The van der Waals surface area contributed by atoms with Crippen molar-refractivity contribution < 1.29 is 14.6 Å². The van der Waals surface area contributed by atoms with Crippen molar-refractivity contribution in [3.05, 3.63) is 89.6 Å². The van der Waals surface area contributed by atoms with Crippen molar-refractivity contribution in [3.63, 3.8) is 0 Å². The molecule has 0 aliphatic rings. The van der Waals surface area contributed by atoms with Gasteiger partial charge in [0, 0.05) is 29.9 Å². The molecule has 0 aliphatic carbocycles. The van der Waals surface area contributed by atoms with Crippen LogP contribution in [0.5, 0.6) is 17.4 Å². The lowest BCUT2D eigenvalue weighted by Gasteiger charge is -2.14. The number of anilines is 2. The predicted octanol–water partition coefficient (Wildman–Crippen LogP) is 4.13. The maximum absolute atomic E-state index is 12.9. The van der Waals surface area contributed by atoms with Crippen molar-refractivity contribution in [2.75, 3.05) is 10.6 Å². The number of amides is 2. The fourth-order valence-electron chi connectivity index (χ4n) is 3.95. The monoisotopic (exact) mass is 494 g/mol. The second-order valence-corrected chi connectivity index (χ2v) is 7.94. The Balaban J connectivity index is 1.29. The number of imidazole rings is 1. The van der Waals surface area contributed by atoms with Crippen molar-refractivity contribution in [2.45, 2.75) is 0 Å². The summed E-state index contributed by atoms with van der Waals surface area (Å²) in [6, 6.07) is 18.4. The summed E-state index contributed by atoms with van der Waals surface area (Å²) < 4.78 is 7.50. The molecule has 6 rings (SSSR count). The molecule has 6 aromatic rings. The Kier molecular flexibility index (Phi) is 5.23. The maximum atomic E-state index is 12.9. The molecule has 12 heteroatoms. The van der Waals surface area contributed by atoms with Gasteiger partial charge in [-0.05, 0) is 36.4 Å². The standard InChI is InChI=1S/C25H18N8O4/c34-20-13-19(33(32-20)14-5-2-1-3-6-14)29-24(35)28-16-8-9-17(21-15(16)7-4-11-26-21)37-18-10-12-27-23-22(18)30-25(36)31-23/h1-13H,(H,32,34)(H2,28,29,35)(H2,27,30,31,36). The molecule has 0 saturated carbocycles. The third-order valence-corrected chi connectivity index (χ3v) is 5.52. The van der Waals surface area contributed by atoms with Gasteiger partial charge in [0.05, 0.1) is 11.4 Å². The average molecular weight is 494 g/mol. The summed E-state index contributed by atoms with van der Waals surface area (Å²) in [5, 5.41) is 20.1. The number of carbonyl (C=O) groups is 1. The zero-order chi connectivity index (χ0) is 25.4. The van der Waals surface area contributed by atoms with Crippen LogP contribution < -0.4 is 21.1 Å². The first-order valence-corrected chi connectivity index (χ1v) is 11.1. The average Bonchev–Trinajstić information content (AvgIpc) is 3.47. The number of fused-ring (bicyclic) bond motifs is 2. The van der Waals surface area contributed by atoms with Crippen LogP contribution in [0.1, 0.15) is 0 Å². The summed E-state index contributed by atoms with van der Waals surface area (Å²) in [5.74, 6) is 0.862. The smallest absolute Gasteiger partial charge is 0.325 e. The number of H-pyrrole nitrogens is 2. The molecule has 5 N–H and O–H groups in total. The first-order chi connectivity index (χ1) is 18.0. The van der Waals surface area contributed by atoms with Crippen LogP contribution in [0.15, 0.2) is 83.9 Å². The van der Waals surface area contributed by atoms with Crippen molar-refractivity contribution >= 4 is 39.6 Å². The second-order valence-electron chi connectivity index (χ2n) is 7.94. The number of hydrogen-bond donors (Lipinski definition) is 5. The fraction of sp³-hybridized carbons (Fsp3) is 0. The largest absolute Gasteiger partial charge is 0.492 e. The lowest BCUT2D eigenvalue weighted by atomic mass is 10.1. The highest BCUT2D eigenvalue weighted by atomic mass is 16.5. The SMILES string of the molecule is O=C(Nc1ccc(Oc2ccnc3[nH]c(=O)[nH]c23)c2ncccc12)Nc1cc(O)nn1-c1ccccc1. The van der Waals surface area contributed by atoms with E-state index in [0.717, 1.165) is 0 Å². The number of hydrogen-bond acceptors (Lipinski definition) is 7. The van der Waals surface area contributed by atoms with E-state index < -0.39 is 11.7 Å². The van der Waals surface area contributed by atoms with Gasteiger partial charge in [-0.2, -0.15) is 0 Å². The highest BCUT2D eigenvalue weighted by molar-refractivity contribution is 6.06. The molecular weight excluding hydrogens is 476 g/mol. The van der Waals surface area contributed by atoms with E-state index in [4.69, 9.17) is 4.74 Å². The molecular formula is C25H18N8O4. The Labute approximate surface area is 207 Å². The molecule has 2 aromatic carbocycles. The Bertz CT molecular complexity index is 1820. The summed E-state index contributed by atoms with van der Waals surface area (Å²) in [6.45, 7) is 0. The molecule has 0 spiro atoms. The van der Waals surface area contributed by atoms with E-state index in [1.165, 1.54) is 16.9 Å². The minimum atomic E-state index is -0.545. The number of carbonyl (C=O) groups excluding carboxylic acids is 1. The van der Waals surface area contributed by atoms with Crippen LogP contribution in [0.3, 0.4) is 0 Å². The Morgan fingerprint density at radius 2 is 1.78 bits per heavy atom. The molecule has 4 aromatic heterocycles. The number of aromatic nitrogens is 6. The zero-order valence-corrected chi connectivity index (χ0v) is 19.0. The number of aromatic hydroxyl groups is 1. The third kappa shape index (κ3) is 4.18. The minimum absolute atomic E-state index is 0.232. The molecule has 37 heavy (non-hydrogen) atoms. The van der Waals surface area contributed by atoms with Gasteiger partial charge in [-0.25, -0.2) is 19.3 Å². The molecule has 0 radical (unpaired) electrons. The number of benzene rings is 2. The van der Waals surface area contributed by atoms with Gasteiger partial charge in [0.1, 0.15) is 16.9 Å². The van der Waals surface area contributed by atoms with Gasteiger partial charge >= 0.3 is 11.7 Å². The Morgan fingerprint density at radius 3 is 2.65 bits per heavy atom. The van der Waals surface area contributed by atoms with Crippen molar-refractivity contribution in [1.82, 2.24) is 29.7 Å². The summed E-state index contributed by atoms with van der Waals surface area (Å²) in [7, 11) is 0. The van der Waals surface area contributed by atoms with Crippen LogP contribution in [-0.4, -0.2) is 40.9 Å². The number of pyridine rings is 2. The quantitative estimate of drug-likeness (QED) is 0.241. The van der Waals surface area contributed by atoms with Gasteiger partial charge in [-0.1, -0.05) is 18.2 Å². The molecule has 0 unspecified atom stereocenters. The van der Waals surface area contributed by atoms with E-state index in [1.807, 2.05) is 18.2 Å². The molecule has 0 saturated heterocycles. The molecule has 0 fully saturated rings. The number of rotatable bonds is 5. The van der Waals surface area contributed by atoms with Gasteiger partial charge in [0.2, 0.25) is 5.88 Å². The van der Waals surface area contributed by atoms with E-state index in [1.54, 1.807) is 48.7 Å². The van der Waals surface area contributed by atoms with E-state index in [9.17, 15) is 14.7 Å². The first-order valence-electron chi connectivity index (χ1n) is 11.1. The van der Waals surface area contributed by atoms with E-state index in [2.05, 4.69) is 35.7 Å². The number of urea groups is 1. The van der Waals surface area contributed by atoms with Crippen LogP contribution in [-0.2, 0) is 0 Å². The lowest BCUT2D eigenvalue weighted by Crippen LogP contribution is -2.21. The number of nitrogens with zero attached hydrogens (tertiary/aromatic N) is 4. The summed E-state index contributed by atoms with van der Waals surface area (Å²) in [6.07, 6.45) is 3.13. The maximum Gasteiger partial charge on any atom is 0.325 e. The van der Waals surface area contributed by atoms with Crippen molar-refractivity contribution in [1.29, 1.82) is 0 Å². The number of para-hydroxylation sites is 1. The van der Waals surface area contributed by atoms with Gasteiger partial charge in [0.15, 0.2) is 17.1 Å². The van der Waals surface area contributed by atoms with Crippen molar-refractivity contribution in [3.8, 4) is 23.1 Å². The molecule has 182 valence electrons. The van der Waals surface area contributed by atoms with E-state index in [-0.39, 0.29) is 11.7 Å². The first kappa shape index (κ1) is 21.9. The van der Waals surface area contributed by atoms with Crippen LogP contribution in [0, 0.1) is 0 Å². The topological polar surface area (TPSA) is 163 Å². The van der Waals surface area contributed by atoms with Crippen LogP contribution >= 0.6 is 0 Å². The molecule has 12 nitrogen and oxygen atoms in total. The molecule has 0 aliphatic heterocycles. The third-order valence-electron chi connectivity index (χ3n) is 5.52. The highest BCUT2D eigenvalue weighted by Gasteiger charge is 2.16. The number of ether oxygens (including phenoxy) is 1. The van der Waals surface area contributed by atoms with Gasteiger partial charge in [-0.15, -0.1) is 5.10 Å². The Morgan fingerprint density at radius 1 is 0.919 bits per heavy atom. The van der Waals surface area contributed by atoms with Gasteiger partial charge < -0.3 is 20.1 Å². The van der Waals surface area contributed by atoms with Crippen LogP contribution in [0.4, 0.5) is 16.3 Å². The summed E-state index contributed by atoms with van der Waals surface area (Å²) in [5.41, 5.74) is 2.05. The van der Waals surface area contributed by atoms with E-state index in [0.29, 0.717) is 44.9 Å². The van der Waals surface area contributed by atoms with E-state index >= 15 is 0 Å². The molecule has 4 heterocycles. The summed E-state index contributed by atoms with van der Waals surface area (Å²) in [4.78, 5) is 38.4. The normalized spacial score (nSPS) is 11.0. The second kappa shape index (κ2) is 8.85. The zero-order valence-electron chi connectivity index (χ0n) is 19.0. The highest BCUT2D eigenvalue weighted by Crippen LogP contribution is 2.34. The Hall–Kier alpha value is -5.65. The van der Waals surface area contributed by atoms with Gasteiger partial charge in [0.25, 0.3) is 0 Å². The molecule has 0 bridgehead atoms. The molecule has 0 atom stereocenters. The number of nitrogens with one attached hydrogen (secondary N) is 4. The summed E-state index contributed by atoms with van der Waals surface area (Å²) >= 11 is 0.